The lowest BCUT2D eigenvalue weighted by Crippen LogP contribution is -2.06. The van der Waals surface area contributed by atoms with Gasteiger partial charge in [0.15, 0.2) is 0 Å². The summed E-state index contributed by atoms with van der Waals surface area (Å²) in [6.07, 6.45) is 3.36. The SMILES string of the molecule is C=C[C@H](N)c1ccc(OC)nc1.Cl. The number of halogens is 1. The second-order valence-corrected chi connectivity index (χ2v) is 2.40. The lowest BCUT2D eigenvalue weighted by Gasteiger charge is -2.05. The van der Waals surface area contributed by atoms with Gasteiger partial charge in [-0.25, -0.2) is 4.98 Å². The molecule has 0 aromatic carbocycles. The molecule has 1 aromatic heterocycles. The van der Waals surface area contributed by atoms with Crippen LogP contribution in [0, 0.1) is 0 Å². The second-order valence-electron chi connectivity index (χ2n) is 2.40. The van der Waals surface area contributed by atoms with Gasteiger partial charge < -0.3 is 10.5 Å². The zero-order chi connectivity index (χ0) is 8.97. The first-order valence-electron chi connectivity index (χ1n) is 3.66. The molecular formula is C9H13ClN2O. The number of rotatable bonds is 3. The number of nitrogens with two attached hydrogens (primary N) is 1. The average Bonchev–Trinajstić information content (AvgIpc) is 2.17. The quantitative estimate of drug-likeness (QED) is 0.756. The van der Waals surface area contributed by atoms with Crippen LogP contribution in [0.5, 0.6) is 5.88 Å². The Morgan fingerprint density at radius 1 is 1.62 bits per heavy atom. The lowest BCUT2D eigenvalue weighted by atomic mass is 10.1. The molecule has 0 bridgehead atoms. The topological polar surface area (TPSA) is 48.1 Å². The van der Waals surface area contributed by atoms with Crippen LogP contribution in [-0.4, -0.2) is 12.1 Å². The van der Waals surface area contributed by atoms with Gasteiger partial charge in [-0.1, -0.05) is 12.1 Å². The van der Waals surface area contributed by atoms with E-state index >= 15 is 0 Å². The summed E-state index contributed by atoms with van der Waals surface area (Å²) in [7, 11) is 1.58. The monoisotopic (exact) mass is 200 g/mol. The average molecular weight is 201 g/mol. The fourth-order valence-corrected chi connectivity index (χ4v) is 0.846. The predicted octanol–water partition coefficient (Wildman–Crippen LogP) is 1.70. The van der Waals surface area contributed by atoms with Crippen LogP contribution in [0.3, 0.4) is 0 Å². The molecule has 13 heavy (non-hydrogen) atoms. The van der Waals surface area contributed by atoms with E-state index in [-0.39, 0.29) is 18.4 Å². The van der Waals surface area contributed by atoms with Gasteiger partial charge in [-0.3, -0.25) is 0 Å². The van der Waals surface area contributed by atoms with Crippen molar-refractivity contribution in [1.29, 1.82) is 0 Å². The van der Waals surface area contributed by atoms with Crippen LogP contribution >= 0.6 is 12.4 Å². The van der Waals surface area contributed by atoms with Crippen molar-refractivity contribution in [2.75, 3.05) is 7.11 Å². The first-order valence-corrected chi connectivity index (χ1v) is 3.66. The van der Waals surface area contributed by atoms with Crippen LogP contribution in [-0.2, 0) is 0 Å². The molecule has 0 aliphatic rings. The van der Waals surface area contributed by atoms with Crippen LogP contribution in [0.15, 0.2) is 31.0 Å². The first kappa shape index (κ1) is 11.9. The van der Waals surface area contributed by atoms with Gasteiger partial charge in [-0.05, 0) is 5.56 Å². The number of pyridine rings is 1. The Morgan fingerprint density at radius 3 is 2.69 bits per heavy atom. The summed E-state index contributed by atoms with van der Waals surface area (Å²) >= 11 is 0. The van der Waals surface area contributed by atoms with Crippen LogP contribution in [0.2, 0.25) is 0 Å². The highest BCUT2D eigenvalue weighted by atomic mass is 35.5. The van der Waals surface area contributed by atoms with Crippen molar-refractivity contribution >= 4 is 12.4 Å². The van der Waals surface area contributed by atoms with Crippen molar-refractivity contribution in [3.8, 4) is 5.88 Å². The third kappa shape index (κ3) is 3.05. The summed E-state index contributed by atoms with van der Waals surface area (Å²) in [4.78, 5) is 4.02. The molecule has 0 aliphatic heterocycles. The summed E-state index contributed by atoms with van der Waals surface area (Å²) in [6, 6.07) is 3.50. The van der Waals surface area contributed by atoms with E-state index in [1.807, 2.05) is 6.07 Å². The molecule has 2 N–H and O–H groups in total. The minimum Gasteiger partial charge on any atom is -0.481 e. The normalized spacial score (nSPS) is 11.2. The Labute approximate surface area is 84.0 Å². The van der Waals surface area contributed by atoms with Crippen molar-refractivity contribution in [3.63, 3.8) is 0 Å². The molecule has 1 atom stereocenters. The standard InChI is InChI=1S/C9H12N2O.ClH/c1-3-8(10)7-4-5-9(12-2)11-6-7;/h3-6,8H,1,10H2,2H3;1H/t8-;/m0./s1. The highest BCUT2D eigenvalue weighted by Gasteiger charge is 2.00. The van der Waals surface area contributed by atoms with Crippen molar-refractivity contribution in [2.45, 2.75) is 6.04 Å². The highest BCUT2D eigenvalue weighted by Crippen LogP contribution is 2.12. The number of methoxy groups -OCH3 is 1. The number of aromatic nitrogens is 1. The molecule has 4 heteroatoms. The van der Waals surface area contributed by atoms with Gasteiger partial charge >= 0.3 is 0 Å². The van der Waals surface area contributed by atoms with Gasteiger partial charge in [0.25, 0.3) is 0 Å². The first-order chi connectivity index (χ1) is 5.77. The molecule has 0 radical (unpaired) electrons. The van der Waals surface area contributed by atoms with Gasteiger partial charge in [0, 0.05) is 18.3 Å². The Morgan fingerprint density at radius 2 is 2.31 bits per heavy atom. The van der Waals surface area contributed by atoms with Crippen molar-refractivity contribution < 1.29 is 4.74 Å². The Balaban J connectivity index is 0.00000144. The summed E-state index contributed by atoms with van der Waals surface area (Å²) < 4.78 is 4.90. The number of nitrogens with zero attached hydrogens (tertiary/aromatic N) is 1. The third-order valence-corrected chi connectivity index (χ3v) is 1.61. The lowest BCUT2D eigenvalue weighted by molar-refractivity contribution is 0.397. The van der Waals surface area contributed by atoms with Crippen LogP contribution < -0.4 is 10.5 Å². The highest BCUT2D eigenvalue weighted by molar-refractivity contribution is 5.85. The molecule has 0 spiro atoms. The molecule has 0 amide bonds. The van der Waals surface area contributed by atoms with Crippen molar-refractivity contribution in [1.82, 2.24) is 4.98 Å². The van der Waals surface area contributed by atoms with E-state index in [1.54, 1.807) is 25.4 Å². The van der Waals surface area contributed by atoms with Crippen LogP contribution in [0.4, 0.5) is 0 Å². The van der Waals surface area contributed by atoms with Gasteiger partial charge in [0.2, 0.25) is 5.88 Å². The summed E-state index contributed by atoms with van der Waals surface area (Å²) in [6.45, 7) is 3.60. The molecule has 1 heterocycles. The number of ether oxygens (including phenoxy) is 1. The van der Waals surface area contributed by atoms with Gasteiger partial charge in [-0.2, -0.15) is 0 Å². The molecule has 0 unspecified atom stereocenters. The van der Waals surface area contributed by atoms with E-state index in [0.29, 0.717) is 5.88 Å². The molecule has 1 rings (SSSR count). The fourth-order valence-electron chi connectivity index (χ4n) is 0.846. The van der Waals surface area contributed by atoms with Gasteiger partial charge in [0.1, 0.15) is 0 Å². The molecule has 0 saturated heterocycles. The Bertz CT molecular complexity index is 261. The molecule has 0 saturated carbocycles. The minimum absolute atomic E-state index is 0. The maximum Gasteiger partial charge on any atom is 0.212 e. The summed E-state index contributed by atoms with van der Waals surface area (Å²) in [5, 5.41) is 0. The van der Waals surface area contributed by atoms with E-state index in [0.717, 1.165) is 5.56 Å². The predicted molar refractivity (Wildman–Crippen MR) is 55.2 cm³/mol. The maximum atomic E-state index is 5.69. The van der Waals surface area contributed by atoms with Crippen molar-refractivity contribution in [2.24, 2.45) is 5.73 Å². The molecule has 0 aliphatic carbocycles. The molecule has 3 nitrogen and oxygen atoms in total. The largest absolute Gasteiger partial charge is 0.481 e. The summed E-state index contributed by atoms with van der Waals surface area (Å²) in [5.74, 6) is 0.593. The zero-order valence-electron chi connectivity index (χ0n) is 7.43. The van der Waals surface area contributed by atoms with E-state index in [4.69, 9.17) is 10.5 Å². The molecular weight excluding hydrogens is 188 g/mol. The minimum atomic E-state index is -0.150. The molecule has 1 aromatic rings. The number of hydrogen-bond donors (Lipinski definition) is 1. The zero-order valence-corrected chi connectivity index (χ0v) is 8.25. The van der Waals surface area contributed by atoms with Gasteiger partial charge in [-0.15, -0.1) is 19.0 Å². The van der Waals surface area contributed by atoms with Crippen molar-refractivity contribution in [3.05, 3.63) is 36.5 Å². The maximum absolute atomic E-state index is 5.69. The summed E-state index contributed by atoms with van der Waals surface area (Å²) in [5.41, 5.74) is 6.62. The molecule has 0 fully saturated rings. The fraction of sp³-hybridized carbons (Fsp3) is 0.222. The Kier molecular flexibility index (Phi) is 5.11. The van der Waals surface area contributed by atoms with Crippen LogP contribution in [0.25, 0.3) is 0 Å². The Hall–Kier alpha value is -1.06. The smallest absolute Gasteiger partial charge is 0.212 e. The second kappa shape index (κ2) is 5.56. The van der Waals surface area contributed by atoms with E-state index in [9.17, 15) is 0 Å². The van der Waals surface area contributed by atoms with E-state index in [1.165, 1.54) is 0 Å². The van der Waals surface area contributed by atoms with E-state index < -0.39 is 0 Å². The van der Waals surface area contributed by atoms with Gasteiger partial charge in [0.05, 0.1) is 7.11 Å². The number of hydrogen-bond acceptors (Lipinski definition) is 3. The van der Waals surface area contributed by atoms with Crippen LogP contribution in [0.1, 0.15) is 11.6 Å². The van der Waals surface area contributed by atoms with E-state index in [2.05, 4.69) is 11.6 Å². The molecule has 72 valence electrons. The third-order valence-electron chi connectivity index (χ3n) is 1.61.